The van der Waals surface area contributed by atoms with Crippen molar-refractivity contribution in [2.45, 2.75) is 52.4 Å². The maximum atomic E-state index is 13.0. The van der Waals surface area contributed by atoms with Crippen LogP contribution in [0.1, 0.15) is 50.7 Å². The van der Waals surface area contributed by atoms with E-state index in [-0.39, 0.29) is 5.57 Å². The van der Waals surface area contributed by atoms with Crippen LogP contribution in [0, 0.1) is 0 Å². The summed E-state index contributed by atoms with van der Waals surface area (Å²) in [6, 6.07) is 12.4. The lowest BCUT2D eigenvalue weighted by atomic mass is 9.96. The van der Waals surface area contributed by atoms with Crippen molar-refractivity contribution in [3.8, 4) is 16.9 Å². The van der Waals surface area contributed by atoms with Gasteiger partial charge in [0.2, 0.25) is 0 Å². The van der Waals surface area contributed by atoms with Gasteiger partial charge in [0.05, 0.1) is 18.8 Å². The minimum Gasteiger partial charge on any atom is -0.468 e. The van der Waals surface area contributed by atoms with Gasteiger partial charge in [0, 0.05) is 16.5 Å². The third-order valence-corrected chi connectivity index (χ3v) is 6.19. The minimum absolute atomic E-state index is 0.287. The third-order valence-electron chi connectivity index (χ3n) is 6.19. The van der Waals surface area contributed by atoms with Crippen LogP contribution in [0.15, 0.2) is 76.0 Å². The highest BCUT2D eigenvalue weighted by Crippen LogP contribution is 2.28. The summed E-state index contributed by atoms with van der Waals surface area (Å²) in [4.78, 5) is 46.8. The number of unbranched alkanes of at least 4 members (excludes halogenated alkanes) is 2. The molecule has 0 unspecified atom stereocenters. The van der Waals surface area contributed by atoms with Crippen LogP contribution in [-0.2, 0) is 36.7 Å². The van der Waals surface area contributed by atoms with Crippen molar-refractivity contribution < 1.29 is 33.0 Å². The van der Waals surface area contributed by atoms with Crippen LogP contribution in [0.2, 0.25) is 0 Å². The van der Waals surface area contributed by atoms with E-state index in [4.69, 9.17) is 18.6 Å². The van der Waals surface area contributed by atoms with E-state index in [2.05, 4.69) is 19.2 Å². The lowest BCUT2D eigenvalue weighted by molar-refractivity contribution is -0.139. The molecule has 0 bridgehead atoms. The Morgan fingerprint density at radius 1 is 0.875 bits per heavy atom. The molecule has 0 aliphatic heterocycles. The number of ether oxygens (including phenoxy) is 3. The predicted molar refractivity (Wildman–Crippen MR) is 152 cm³/mol. The number of hydrogen-bond acceptors (Lipinski definition) is 8. The highest BCUT2D eigenvalue weighted by molar-refractivity contribution is 5.89. The van der Waals surface area contributed by atoms with Crippen LogP contribution in [-0.4, -0.2) is 31.6 Å². The van der Waals surface area contributed by atoms with Gasteiger partial charge in [0.15, 0.2) is 0 Å². The van der Waals surface area contributed by atoms with Gasteiger partial charge in [-0.15, -0.1) is 0 Å². The molecule has 0 aliphatic rings. The molecule has 8 heteroatoms. The molecule has 0 saturated carbocycles. The Labute approximate surface area is 233 Å². The molecule has 0 radical (unpaired) electrons. The summed E-state index contributed by atoms with van der Waals surface area (Å²) in [7, 11) is 0. The summed E-state index contributed by atoms with van der Waals surface area (Å²) >= 11 is 0. The fourth-order valence-electron chi connectivity index (χ4n) is 4.07. The molecule has 0 saturated heterocycles. The second-order valence-corrected chi connectivity index (χ2v) is 9.61. The maximum absolute atomic E-state index is 13.0. The van der Waals surface area contributed by atoms with Crippen LogP contribution in [0.25, 0.3) is 22.1 Å². The molecule has 0 amide bonds. The van der Waals surface area contributed by atoms with Crippen LogP contribution in [0.4, 0.5) is 0 Å². The molecule has 0 spiro atoms. The highest BCUT2D eigenvalue weighted by Gasteiger charge is 2.14. The van der Waals surface area contributed by atoms with E-state index in [1.54, 1.807) is 38.1 Å². The summed E-state index contributed by atoms with van der Waals surface area (Å²) in [6.07, 6.45) is 4.37. The molecular formula is C32H34O8. The first-order valence-electron chi connectivity index (χ1n) is 13.1. The van der Waals surface area contributed by atoms with Crippen molar-refractivity contribution in [2.75, 3.05) is 13.2 Å². The quantitative estimate of drug-likeness (QED) is 0.0581. The average molecular weight is 547 g/mol. The molecule has 3 rings (SSSR count). The van der Waals surface area contributed by atoms with E-state index in [1.807, 2.05) is 12.1 Å². The number of benzene rings is 2. The molecular weight excluding hydrogens is 512 g/mol. The second-order valence-electron chi connectivity index (χ2n) is 9.61. The van der Waals surface area contributed by atoms with Gasteiger partial charge in [-0.2, -0.15) is 0 Å². The Morgan fingerprint density at radius 2 is 1.55 bits per heavy atom. The van der Waals surface area contributed by atoms with E-state index in [9.17, 15) is 19.2 Å². The van der Waals surface area contributed by atoms with E-state index in [1.165, 1.54) is 0 Å². The number of esters is 2. The smallest absolute Gasteiger partial charge is 0.344 e. The monoisotopic (exact) mass is 546 g/mol. The zero-order valence-corrected chi connectivity index (χ0v) is 23.0. The molecule has 0 fully saturated rings. The number of hydrogen-bond donors (Lipinski definition) is 0. The van der Waals surface area contributed by atoms with E-state index in [0.717, 1.165) is 35.8 Å². The lowest BCUT2D eigenvalue weighted by Crippen LogP contribution is -2.08. The van der Waals surface area contributed by atoms with Gasteiger partial charge in [-0.25, -0.2) is 14.4 Å². The first-order chi connectivity index (χ1) is 19.2. The van der Waals surface area contributed by atoms with Gasteiger partial charge >= 0.3 is 17.6 Å². The molecule has 1 heterocycles. The first-order valence-corrected chi connectivity index (χ1v) is 13.1. The number of carbonyl (C=O) groups is 3. The van der Waals surface area contributed by atoms with Crippen LogP contribution >= 0.6 is 0 Å². The van der Waals surface area contributed by atoms with Crippen molar-refractivity contribution >= 4 is 29.4 Å². The third kappa shape index (κ3) is 8.53. The molecule has 1 aromatic heterocycles. The van der Waals surface area contributed by atoms with Crippen LogP contribution < -0.4 is 10.4 Å². The zero-order chi connectivity index (χ0) is 29.1. The largest absolute Gasteiger partial charge is 0.468 e. The molecule has 40 heavy (non-hydrogen) atoms. The summed E-state index contributed by atoms with van der Waals surface area (Å²) < 4.78 is 21.0. The van der Waals surface area contributed by atoms with E-state index >= 15 is 0 Å². The summed E-state index contributed by atoms with van der Waals surface area (Å²) in [5, 5.41) is 0.822. The van der Waals surface area contributed by atoms with Crippen LogP contribution in [0.5, 0.6) is 5.75 Å². The number of rotatable bonds is 15. The van der Waals surface area contributed by atoms with Crippen molar-refractivity contribution in [2.24, 2.45) is 0 Å². The summed E-state index contributed by atoms with van der Waals surface area (Å²) in [6.45, 7) is 11.4. The van der Waals surface area contributed by atoms with E-state index in [0.29, 0.717) is 67.0 Å². The van der Waals surface area contributed by atoms with Crippen LogP contribution in [0.3, 0.4) is 0 Å². The normalized spacial score (nSPS) is 10.7. The number of carbonyl (C=O) groups excluding carboxylic acids is 3. The highest BCUT2D eigenvalue weighted by atomic mass is 16.5. The fraction of sp³-hybridized carbons (Fsp3) is 0.312. The average Bonchev–Trinajstić information content (AvgIpc) is 2.92. The topological polar surface area (TPSA) is 109 Å². The molecule has 210 valence electrons. The van der Waals surface area contributed by atoms with Crippen molar-refractivity contribution in [3.63, 3.8) is 0 Å². The van der Waals surface area contributed by atoms with Gasteiger partial charge in [0.25, 0.3) is 6.47 Å². The summed E-state index contributed by atoms with van der Waals surface area (Å²) in [5.41, 5.74) is 3.72. The lowest BCUT2D eigenvalue weighted by Gasteiger charge is -2.12. The first kappa shape index (κ1) is 30.1. The molecule has 2 aromatic carbocycles. The Kier molecular flexibility index (Phi) is 11.0. The number of aryl methyl sites for hydroxylation is 2. The Hall–Kier alpha value is -4.46. The molecule has 3 aromatic rings. The molecule has 0 aliphatic carbocycles. The van der Waals surface area contributed by atoms with Gasteiger partial charge in [0.1, 0.15) is 11.3 Å². The SMILES string of the molecule is C=C(C)C(=O)OCCCCc1cc(CCCCOC=O)c2cc(-c3ccc(OC(=O)C(=C)C)cc3)c(=O)oc2c1. The molecule has 0 atom stereocenters. The van der Waals surface area contributed by atoms with Gasteiger partial charge in [-0.3, -0.25) is 4.79 Å². The Bertz CT molecular complexity index is 1450. The number of fused-ring (bicyclic) bond motifs is 1. The Balaban J connectivity index is 1.84. The second kappa shape index (κ2) is 14.6. The van der Waals surface area contributed by atoms with Crippen molar-refractivity contribution in [1.29, 1.82) is 0 Å². The van der Waals surface area contributed by atoms with Gasteiger partial charge < -0.3 is 18.6 Å². The fourth-order valence-corrected chi connectivity index (χ4v) is 4.07. The van der Waals surface area contributed by atoms with Gasteiger partial charge in [-0.05, 0) is 93.3 Å². The standard InChI is InChI=1S/C32H34O8/c1-21(2)30(34)38-16-8-5-9-23-17-25(10-6-7-15-37-20-33)27-19-28(32(36)40-29(27)18-23)24-11-13-26(14-12-24)39-31(35)22(3)4/h11-14,17-20H,1,3,5-10,15-16H2,2,4H3. The van der Waals surface area contributed by atoms with Crippen molar-refractivity contribution in [3.05, 3.63) is 88.3 Å². The minimum atomic E-state index is -0.523. The maximum Gasteiger partial charge on any atom is 0.344 e. The predicted octanol–water partition coefficient (Wildman–Crippen LogP) is 5.88. The zero-order valence-electron chi connectivity index (χ0n) is 23.0. The Morgan fingerprint density at radius 3 is 2.23 bits per heavy atom. The van der Waals surface area contributed by atoms with Crippen molar-refractivity contribution in [1.82, 2.24) is 0 Å². The molecule has 8 nitrogen and oxygen atoms in total. The van der Waals surface area contributed by atoms with E-state index < -0.39 is 17.6 Å². The van der Waals surface area contributed by atoms with Gasteiger partial charge in [-0.1, -0.05) is 31.4 Å². The summed E-state index contributed by atoms with van der Waals surface area (Å²) in [5.74, 6) is -0.573. The molecule has 0 N–H and O–H groups in total.